The van der Waals surface area contributed by atoms with Crippen molar-refractivity contribution in [1.82, 2.24) is 10.2 Å². The van der Waals surface area contributed by atoms with Crippen molar-refractivity contribution >= 4 is 27.7 Å². The third-order valence-electron chi connectivity index (χ3n) is 4.40. The molecule has 2 heterocycles. The molecule has 2 saturated heterocycles. The van der Waals surface area contributed by atoms with E-state index in [2.05, 4.69) is 21.2 Å². The first-order valence-electron chi connectivity index (χ1n) is 6.90. The molecule has 0 aromatic heterocycles. The van der Waals surface area contributed by atoms with Crippen molar-refractivity contribution in [2.75, 3.05) is 19.6 Å². The summed E-state index contributed by atoms with van der Waals surface area (Å²) >= 11 is 3.37. The minimum absolute atomic E-state index is 0.0876. The van der Waals surface area contributed by atoms with Gasteiger partial charge in [0, 0.05) is 36.1 Å². The zero-order chi connectivity index (χ0) is 14.2. The van der Waals surface area contributed by atoms with Crippen molar-refractivity contribution < 1.29 is 9.59 Å². The molecule has 2 amide bonds. The quantitative estimate of drug-likeness (QED) is 0.854. The van der Waals surface area contributed by atoms with Crippen LogP contribution in [0.2, 0.25) is 0 Å². The van der Waals surface area contributed by atoms with Crippen LogP contribution in [0.1, 0.15) is 29.6 Å². The number of nitrogens with one attached hydrogen (secondary N) is 1. The molecule has 1 N–H and O–H groups in total. The monoisotopic (exact) mass is 336 g/mol. The van der Waals surface area contributed by atoms with Crippen LogP contribution >= 0.6 is 15.9 Å². The maximum atomic E-state index is 12.4. The summed E-state index contributed by atoms with van der Waals surface area (Å²) in [7, 11) is 0. The predicted molar refractivity (Wildman–Crippen MR) is 79.3 cm³/mol. The highest BCUT2D eigenvalue weighted by Crippen LogP contribution is 2.37. The normalized spacial score (nSPS) is 21.1. The van der Waals surface area contributed by atoms with Crippen LogP contribution in [0.15, 0.2) is 28.7 Å². The van der Waals surface area contributed by atoms with Crippen molar-refractivity contribution in [3.8, 4) is 0 Å². The van der Waals surface area contributed by atoms with Crippen LogP contribution in [0.4, 0.5) is 0 Å². The minimum atomic E-state index is 0.0876. The third kappa shape index (κ3) is 2.59. The van der Waals surface area contributed by atoms with Gasteiger partial charge in [-0.25, -0.2) is 0 Å². The molecule has 1 aromatic rings. The SMILES string of the molecule is O=C1CC2(CCN(C(=O)c3ccc(Br)cc3)CC2)CN1. The Morgan fingerprint density at radius 3 is 2.40 bits per heavy atom. The van der Waals surface area contributed by atoms with Gasteiger partial charge in [0.05, 0.1) is 0 Å². The lowest BCUT2D eigenvalue weighted by atomic mass is 9.77. The standard InChI is InChI=1S/C15H17BrN2O2/c16-12-3-1-11(2-4-12)14(20)18-7-5-15(6-8-18)9-13(19)17-10-15/h1-4H,5-10H2,(H,17,19). The van der Waals surface area contributed by atoms with E-state index in [4.69, 9.17) is 0 Å². The van der Waals surface area contributed by atoms with Gasteiger partial charge in [-0.2, -0.15) is 0 Å². The van der Waals surface area contributed by atoms with E-state index in [1.54, 1.807) is 0 Å². The molecule has 0 unspecified atom stereocenters. The molecule has 5 heteroatoms. The fourth-order valence-corrected chi connectivity index (χ4v) is 3.33. The summed E-state index contributed by atoms with van der Waals surface area (Å²) in [5.74, 6) is 0.238. The fraction of sp³-hybridized carbons (Fsp3) is 0.467. The first-order valence-corrected chi connectivity index (χ1v) is 7.69. The molecule has 3 rings (SSSR count). The van der Waals surface area contributed by atoms with E-state index >= 15 is 0 Å². The van der Waals surface area contributed by atoms with E-state index in [1.807, 2.05) is 29.2 Å². The van der Waals surface area contributed by atoms with Crippen LogP contribution in [0.5, 0.6) is 0 Å². The number of likely N-dealkylation sites (tertiary alicyclic amines) is 1. The van der Waals surface area contributed by atoms with E-state index in [9.17, 15) is 9.59 Å². The van der Waals surface area contributed by atoms with Crippen molar-refractivity contribution in [2.45, 2.75) is 19.3 Å². The maximum Gasteiger partial charge on any atom is 0.253 e. The predicted octanol–water partition coefficient (Wildman–Crippen LogP) is 2.19. The number of halogens is 1. The summed E-state index contributed by atoms with van der Waals surface area (Å²) < 4.78 is 0.974. The van der Waals surface area contributed by atoms with Crippen LogP contribution in [0, 0.1) is 5.41 Å². The molecule has 0 radical (unpaired) electrons. The molecule has 0 bridgehead atoms. The number of amides is 2. The molecular formula is C15H17BrN2O2. The van der Waals surface area contributed by atoms with E-state index < -0.39 is 0 Å². The molecule has 0 saturated carbocycles. The summed E-state index contributed by atoms with van der Waals surface area (Å²) in [6.07, 6.45) is 2.44. The lowest BCUT2D eigenvalue weighted by Gasteiger charge is -2.38. The van der Waals surface area contributed by atoms with Crippen LogP contribution in [-0.4, -0.2) is 36.3 Å². The Kier molecular flexibility index (Phi) is 3.54. The van der Waals surface area contributed by atoms with Gasteiger partial charge in [-0.3, -0.25) is 9.59 Å². The first-order chi connectivity index (χ1) is 9.58. The lowest BCUT2D eigenvalue weighted by Crippen LogP contribution is -2.44. The van der Waals surface area contributed by atoms with Gasteiger partial charge in [0.1, 0.15) is 0 Å². The Hall–Kier alpha value is -1.36. The van der Waals surface area contributed by atoms with Crippen LogP contribution in [0.25, 0.3) is 0 Å². The molecule has 2 aliphatic rings. The minimum Gasteiger partial charge on any atom is -0.356 e. The zero-order valence-corrected chi connectivity index (χ0v) is 12.8. The van der Waals surface area contributed by atoms with E-state index in [-0.39, 0.29) is 17.2 Å². The average Bonchev–Trinajstić information content (AvgIpc) is 2.81. The van der Waals surface area contributed by atoms with Crippen molar-refractivity contribution in [3.05, 3.63) is 34.3 Å². The number of rotatable bonds is 1. The van der Waals surface area contributed by atoms with Crippen LogP contribution in [0.3, 0.4) is 0 Å². The molecule has 1 spiro atoms. The van der Waals surface area contributed by atoms with E-state index in [0.717, 1.165) is 42.5 Å². The Morgan fingerprint density at radius 1 is 1.20 bits per heavy atom. The largest absolute Gasteiger partial charge is 0.356 e. The number of benzene rings is 1. The molecule has 4 nitrogen and oxygen atoms in total. The second kappa shape index (κ2) is 5.20. The Labute approximate surface area is 126 Å². The van der Waals surface area contributed by atoms with Gasteiger partial charge in [0.25, 0.3) is 5.91 Å². The highest BCUT2D eigenvalue weighted by atomic mass is 79.9. The topological polar surface area (TPSA) is 49.4 Å². The first kappa shape index (κ1) is 13.6. The van der Waals surface area contributed by atoms with Gasteiger partial charge >= 0.3 is 0 Å². The molecular weight excluding hydrogens is 320 g/mol. The molecule has 2 aliphatic heterocycles. The smallest absolute Gasteiger partial charge is 0.253 e. The van der Waals surface area contributed by atoms with Gasteiger partial charge in [0.2, 0.25) is 5.91 Å². The van der Waals surface area contributed by atoms with Crippen LogP contribution < -0.4 is 5.32 Å². The third-order valence-corrected chi connectivity index (χ3v) is 4.93. The van der Waals surface area contributed by atoms with Gasteiger partial charge in [0.15, 0.2) is 0 Å². The highest BCUT2D eigenvalue weighted by Gasteiger charge is 2.41. The number of hydrogen-bond acceptors (Lipinski definition) is 2. The molecule has 2 fully saturated rings. The average molecular weight is 337 g/mol. The second-order valence-corrected chi connectivity index (χ2v) is 6.67. The fourth-order valence-electron chi connectivity index (χ4n) is 3.06. The van der Waals surface area contributed by atoms with Gasteiger partial charge in [-0.05, 0) is 42.5 Å². The second-order valence-electron chi connectivity index (χ2n) is 5.75. The molecule has 20 heavy (non-hydrogen) atoms. The Balaban J connectivity index is 1.64. The number of carbonyl (C=O) groups excluding carboxylic acids is 2. The molecule has 0 atom stereocenters. The summed E-state index contributed by atoms with van der Waals surface area (Å²) in [4.78, 5) is 25.7. The lowest BCUT2D eigenvalue weighted by molar-refractivity contribution is -0.119. The summed E-state index contributed by atoms with van der Waals surface area (Å²) in [6, 6.07) is 7.46. The number of piperidine rings is 1. The zero-order valence-electron chi connectivity index (χ0n) is 11.2. The van der Waals surface area contributed by atoms with Gasteiger partial charge in [-0.1, -0.05) is 15.9 Å². The number of hydrogen-bond donors (Lipinski definition) is 1. The highest BCUT2D eigenvalue weighted by molar-refractivity contribution is 9.10. The summed E-state index contributed by atoms with van der Waals surface area (Å²) in [5.41, 5.74) is 0.817. The van der Waals surface area contributed by atoms with Crippen LogP contribution in [-0.2, 0) is 4.79 Å². The van der Waals surface area contributed by atoms with E-state index in [0.29, 0.717) is 6.42 Å². The summed E-state index contributed by atoms with van der Waals surface area (Å²) in [6.45, 7) is 2.25. The molecule has 1 aromatic carbocycles. The van der Waals surface area contributed by atoms with Gasteiger partial charge in [-0.15, -0.1) is 0 Å². The summed E-state index contributed by atoms with van der Waals surface area (Å²) in [5, 5.41) is 2.91. The van der Waals surface area contributed by atoms with Crippen molar-refractivity contribution in [1.29, 1.82) is 0 Å². The Bertz CT molecular complexity index is 533. The maximum absolute atomic E-state index is 12.4. The number of nitrogens with zero attached hydrogens (tertiary/aromatic N) is 1. The van der Waals surface area contributed by atoms with E-state index in [1.165, 1.54) is 0 Å². The van der Waals surface area contributed by atoms with Gasteiger partial charge < -0.3 is 10.2 Å². The Morgan fingerprint density at radius 2 is 1.85 bits per heavy atom. The molecule has 106 valence electrons. The number of carbonyl (C=O) groups is 2. The van der Waals surface area contributed by atoms with Crippen molar-refractivity contribution in [2.24, 2.45) is 5.41 Å². The van der Waals surface area contributed by atoms with Crippen molar-refractivity contribution in [3.63, 3.8) is 0 Å². The molecule has 0 aliphatic carbocycles.